The molecule has 1 aliphatic rings. The van der Waals surface area contributed by atoms with Crippen molar-refractivity contribution in [3.8, 4) is 0 Å². The number of benzene rings is 1. The van der Waals surface area contributed by atoms with Crippen LogP contribution in [0.5, 0.6) is 0 Å². The van der Waals surface area contributed by atoms with E-state index in [2.05, 4.69) is 42.2 Å². The van der Waals surface area contributed by atoms with Gasteiger partial charge < -0.3 is 5.32 Å². The molecule has 1 N–H and O–H groups in total. The Morgan fingerprint density at radius 1 is 1.29 bits per heavy atom. The molecule has 6 heteroatoms. The Kier molecular flexibility index (Phi) is 4.33. The lowest BCUT2D eigenvalue weighted by atomic mass is 10.1. The Labute approximate surface area is 144 Å². The molecule has 0 radical (unpaired) electrons. The number of nitrogens with zero attached hydrogens (tertiary/aromatic N) is 1. The van der Waals surface area contributed by atoms with Gasteiger partial charge in [0.25, 0.3) is 5.91 Å². The maximum Gasteiger partial charge on any atom is 0.271 e. The summed E-state index contributed by atoms with van der Waals surface area (Å²) in [5, 5.41) is 3.81. The number of hydrogen-bond acceptors (Lipinski definition) is 2. The topological polar surface area (TPSA) is 42.0 Å². The van der Waals surface area contributed by atoms with Gasteiger partial charge in [-0.1, -0.05) is 23.7 Å². The molecule has 3 nitrogen and oxygen atoms in total. The molecule has 0 bridgehead atoms. The highest BCUT2D eigenvalue weighted by atomic mass is 79.9. The number of nitrogens with one attached hydrogen (secondary N) is 1. The van der Waals surface area contributed by atoms with E-state index in [-0.39, 0.29) is 11.9 Å². The van der Waals surface area contributed by atoms with Crippen molar-refractivity contribution in [1.82, 2.24) is 10.3 Å². The van der Waals surface area contributed by atoms with Gasteiger partial charge in [0, 0.05) is 9.50 Å². The van der Waals surface area contributed by atoms with Gasteiger partial charge in [-0.25, -0.2) is 4.98 Å². The second-order valence-corrected chi connectivity index (χ2v) is 6.91. The molecule has 21 heavy (non-hydrogen) atoms. The van der Waals surface area contributed by atoms with Gasteiger partial charge >= 0.3 is 0 Å². The second-order valence-electron chi connectivity index (χ2n) is 4.84. The zero-order valence-electron chi connectivity index (χ0n) is 10.9. The molecule has 1 aromatic heterocycles. The predicted molar refractivity (Wildman–Crippen MR) is 89.6 cm³/mol. The van der Waals surface area contributed by atoms with Gasteiger partial charge in [-0.2, -0.15) is 0 Å². The summed E-state index contributed by atoms with van der Waals surface area (Å²) in [6.07, 6.45) is 1.74. The fraction of sp³-hybridized carbons (Fsp3) is 0.200. The number of fused-ring (bicyclic) bond motifs is 1. The van der Waals surface area contributed by atoms with E-state index < -0.39 is 0 Å². The highest BCUT2D eigenvalue weighted by Gasteiger charge is 2.26. The molecule has 0 saturated carbocycles. The summed E-state index contributed by atoms with van der Waals surface area (Å²) in [4.78, 5) is 16.6. The van der Waals surface area contributed by atoms with Gasteiger partial charge in [0.2, 0.25) is 0 Å². The average molecular weight is 431 g/mol. The number of rotatable bonds is 2. The largest absolute Gasteiger partial charge is 0.344 e. The minimum atomic E-state index is -0.194. The van der Waals surface area contributed by atoms with Gasteiger partial charge in [0.1, 0.15) is 10.3 Å². The average Bonchev–Trinajstić information content (AvgIpc) is 2.86. The normalized spacial score (nSPS) is 16.6. The van der Waals surface area contributed by atoms with E-state index >= 15 is 0 Å². The number of amides is 1. The fourth-order valence-electron chi connectivity index (χ4n) is 2.56. The smallest absolute Gasteiger partial charge is 0.271 e. The summed E-state index contributed by atoms with van der Waals surface area (Å²) < 4.78 is 1.30. The summed E-state index contributed by atoms with van der Waals surface area (Å²) in [5.41, 5.74) is 2.60. The molecule has 1 amide bonds. The lowest BCUT2D eigenvalue weighted by molar-refractivity contribution is 0.0930. The SMILES string of the molecule is O=C(NC1CCc2c(Cl)cccc21)c1nc(Br)ccc1Br. The molecule has 1 aromatic carbocycles. The number of carbonyl (C=O) groups is 1. The summed E-state index contributed by atoms with van der Waals surface area (Å²) in [7, 11) is 0. The fourth-order valence-corrected chi connectivity index (χ4v) is 3.55. The first-order valence-electron chi connectivity index (χ1n) is 6.46. The molecule has 1 heterocycles. The highest BCUT2D eigenvalue weighted by molar-refractivity contribution is 9.11. The number of aromatic nitrogens is 1. The molecule has 0 spiro atoms. The Hall–Kier alpha value is -0.910. The van der Waals surface area contributed by atoms with Crippen LogP contribution in [0.2, 0.25) is 5.02 Å². The third-order valence-electron chi connectivity index (χ3n) is 3.55. The molecule has 0 aliphatic heterocycles. The van der Waals surface area contributed by atoms with Gasteiger partial charge in [-0.05, 0) is 74.0 Å². The van der Waals surface area contributed by atoms with Gasteiger partial charge in [0.05, 0.1) is 6.04 Å². The van der Waals surface area contributed by atoms with Crippen LogP contribution in [0, 0.1) is 0 Å². The van der Waals surface area contributed by atoms with E-state index in [0.29, 0.717) is 14.8 Å². The lowest BCUT2D eigenvalue weighted by Crippen LogP contribution is -2.28. The number of halogens is 3. The third-order valence-corrected chi connectivity index (χ3v) is 4.98. The minimum absolute atomic E-state index is 0.0149. The molecular weight excluding hydrogens is 419 g/mol. The summed E-state index contributed by atoms with van der Waals surface area (Å²) >= 11 is 12.8. The van der Waals surface area contributed by atoms with Crippen LogP contribution in [0.15, 0.2) is 39.4 Å². The first kappa shape index (κ1) is 15.0. The second kappa shape index (κ2) is 6.07. The van der Waals surface area contributed by atoms with Crippen LogP contribution < -0.4 is 5.32 Å². The Balaban J connectivity index is 1.84. The van der Waals surface area contributed by atoms with Gasteiger partial charge in [-0.3, -0.25) is 4.79 Å². The molecule has 1 atom stereocenters. The number of hydrogen-bond donors (Lipinski definition) is 1. The van der Waals surface area contributed by atoms with Crippen LogP contribution in [0.4, 0.5) is 0 Å². The van der Waals surface area contributed by atoms with E-state index in [1.807, 2.05) is 18.2 Å². The molecule has 3 rings (SSSR count). The van der Waals surface area contributed by atoms with Crippen molar-refractivity contribution in [2.45, 2.75) is 18.9 Å². The van der Waals surface area contributed by atoms with Gasteiger partial charge in [-0.15, -0.1) is 0 Å². The number of pyridine rings is 1. The molecule has 1 unspecified atom stereocenters. The van der Waals surface area contributed by atoms with Crippen molar-refractivity contribution >= 4 is 49.4 Å². The van der Waals surface area contributed by atoms with E-state index in [1.54, 1.807) is 12.1 Å². The Bertz CT molecular complexity index is 721. The summed E-state index contributed by atoms with van der Waals surface area (Å²) in [6, 6.07) is 9.38. The first-order valence-corrected chi connectivity index (χ1v) is 8.43. The Morgan fingerprint density at radius 2 is 2.10 bits per heavy atom. The zero-order chi connectivity index (χ0) is 15.0. The minimum Gasteiger partial charge on any atom is -0.344 e. The van der Waals surface area contributed by atoms with Crippen LogP contribution in [0.25, 0.3) is 0 Å². The van der Waals surface area contributed by atoms with Crippen molar-refractivity contribution in [3.63, 3.8) is 0 Å². The van der Waals surface area contributed by atoms with E-state index in [4.69, 9.17) is 11.6 Å². The maximum atomic E-state index is 12.4. The number of carbonyl (C=O) groups excluding carboxylic acids is 1. The van der Waals surface area contributed by atoms with Crippen LogP contribution in [0.1, 0.15) is 34.1 Å². The van der Waals surface area contributed by atoms with Crippen molar-refractivity contribution in [2.75, 3.05) is 0 Å². The molecule has 108 valence electrons. The van der Waals surface area contributed by atoms with Gasteiger partial charge in [0.15, 0.2) is 0 Å². The van der Waals surface area contributed by atoms with E-state index in [1.165, 1.54) is 0 Å². The molecular formula is C15H11Br2ClN2O. The zero-order valence-corrected chi connectivity index (χ0v) is 14.8. The summed E-state index contributed by atoms with van der Waals surface area (Å²) in [6.45, 7) is 0. The highest BCUT2D eigenvalue weighted by Crippen LogP contribution is 2.35. The summed E-state index contributed by atoms with van der Waals surface area (Å²) in [5.74, 6) is -0.194. The molecule has 1 aliphatic carbocycles. The Morgan fingerprint density at radius 3 is 2.90 bits per heavy atom. The lowest BCUT2D eigenvalue weighted by Gasteiger charge is -2.14. The molecule has 0 fully saturated rings. The monoisotopic (exact) mass is 428 g/mol. The predicted octanol–water partition coefficient (Wildman–Crippen LogP) is 4.68. The molecule has 0 saturated heterocycles. The van der Waals surface area contributed by atoms with Crippen molar-refractivity contribution in [3.05, 3.63) is 61.3 Å². The van der Waals surface area contributed by atoms with Crippen LogP contribution >= 0.6 is 43.5 Å². The maximum absolute atomic E-state index is 12.4. The van der Waals surface area contributed by atoms with Crippen LogP contribution in [-0.4, -0.2) is 10.9 Å². The van der Waals surface area contributed by atoms with Crippen molar-refractivity contribution < 1.29 is 4.79 Å². The van der Waals surface area contributed by atoms with Crippen molar-refractivity contribution in [1.29, 1.82) is 0 Å². The van der Waals surface area contributed by atoms with E-state index in [0.717, 1.165) is 29.0 Å². The standard InChI is InChI=1S/C15H11Br2ClN2O/c16-10-5-7-13(17)20-14(10)15(21)19-12-6-4-8-9(12)2-1-3-11(8)18/h1-3,5,7,12H,4,6H2,(H,19,21). The quantitative estimate of drug-likeness (QED) is 0.703. The third kappa shape index (κ3) is 3.00. The van der Waals surface area contributed by atoms with Crippen LogP contribution in [0.3, 0.4) is 0 Å². The van der Waals surface area contributed by atoms with Crippen LogP contribution in [-0.2, 0) is 6.42 Å². The molecule has 2 aromatic rings. The van der Waals surface area contributed by atoms with E-state index in [9.17, 15) is 4.79 Å². The van der Waals surface area contributed by atoms with Crippen molar-refractivity contribution in [2.24, 2.45) is 0 Å². The first-order chi connectivity index (χ1) is 10.1.